The Morgan fingerprint density at radius 2 is 1.58 bits per heavy atom. The summed E-state index contributed by atoms with van der Waals surface area (Å²) in [5.41, 5.74) is -5.20. The van der Waals surface area contributed by atoms with E-state index in [1.165, 1.54) is 55.1 Å². The largest absolute Gasteiger partial charge is 0.459 e. The standard InChI is InChI=1S/C27H23ClF10N4O2S/c1-13-9-15(10-42-11-17(24(29,30)26(33,34)35)21(41-42)25(31,32)27(36,37)38)7-8-19(13)40-22(43)16-5-4-6-18(28)20(16)23(44)39-14(2)12-45-3/h4-9,11,14H,10,12H2,1-3H3,(H,39,44)(H,40,43). The van der Waals surface area contributed by atoms with E-state index in [1.54, 1.807) is 6.92 Å². The number of anilines is 1. The van der Waals surface area contributed by atoms with Gasteiger partial charge in [0.15, 0.2) is 5.69 Å². The fourth-order valence-electron chi connectivity index (χ4n) is 4.12. The van der Waals surface area contributed by atoms with E-state index < -0.39 is 53.8 Å². The average molecular weight is 693 g/mol. The van der Waals surface area contributed by atoms with Crippen LogP contribution < -0.4 is 10.6 Å². The minimum atomic E-state index is -6.52. The summed E-state index contributed by atoms with van der Waals surface area (Å²) >= 11 is 7.69. The SMILES string of the molecule is CSCC(C)NC(=O)c1c(Cl)cccc1C(=O)Nc1ccc(Cn2cc(C(F)(F)C(F)(F)F)c(C(F)(F)C(F)(F)F)n2)cc1C. The predicted molar refractivity (Wildman–Crippen MR) is 147 cm³/mol. The highest BCUT2D eigenvalue weighted by Crippen LogP contribution is 2.51. The summed E-state index contributed by atoms with van der Waals surface area (Å²) in [6.45, 7) is 2.39. The molecule has 0 saturated heterocycles. The van der Waals surface area contributed by atoms with Gasteiger partial charge < -0.3 is 10.6 Å². The number of nitrogens with zero attached hydrogens (tertiary/aromatic N) is 2. The second kappa shape index (κ2) is 13.1. The van der Waals surface area contributed by atoms with Crippen LogP contribution >= 0.6 is 23.4 Å². The number of thioether (sulfide) groups is 1. The molecule has 6 nitrogen and oxygen atoms in total. The molecule has 0 spiro atoms. The van der Waals surface area contributed by atoms with E-state index >= 15 is 0 Å². The molecule has 1 aromatic heterocycles. The van der Waals surface area contributed by atoms with Gasteiger partial charge in [-0.15, -0.1) is 0 Å². The molecule has 2 aromatic carbocycles. The van der Waals surface area contributed by atoms with Crippen molar-refractivity contribution < 1.29 is 53.5 Å². The second-order valence-electron chi connectivity index (χ2n) is 9.83. The van der Waals surface area contributed by atoms with Crippen molar-refractivity contribution in [2.75, 3.05) is 17.3 Å². The molecule has 3 aromatic rings. The summed E-state index contributed by atoms with van der Waals surface area (Å²) in [7, 11) is 0. The van der Waals surface area contributed by atoms with Crippen LogP contribution in [0.15, 0.2) is 42.6 Å². The van der Waals surface area contributed by atoms with Crippen LogP contribution in [0.1, 0.15) is 50.0 Å². The highest BCUT2D eigenvalue weighted by molar-refractivity contribution is 7.98. The monoisotopic (exact) mass is 692 g/mol. The molecule has 2 amide bonds. The van der Waals surface area contributed by atoms with Crippen molar-refractivity contribution in [2.45, 2.75) is 50.6 Å². The van der Waals surface area contributed by atoms with E-state index in [9.17, 15) is 53.5 Å². The van der Waals surface area contributed by atoms with Gasteiger partial charge in [0, 0.05) is 23.7 Å². The first-order valence-electron chi connectivity index (χ1n) is 12.6. The van der Waals surface area contributed by atoms with E-state index in [0.29, 0.717) is 5.75 Å². The van der Waals surface area contributed by atoms with E-state index in [0.717, 1.165) is 0 Å². The summed E-state index contributed by atoms with van der Waals surface area (Å²) in [6.07, 6.45) is -11.4. The third-order valence-corrected chi connectivity index (χ3v) is 7.42. The molecule has 1 heterocycles. The normalized spacial score (nSPS) is 13.5. The second-order valence-corrected chi connectivity index (χ2v) is 11.1. The van der Waals surface area contributed by atoms with Crippen LogP contribution in [0.25, 0.3) is 0 Å². The number of halogens is 11. The number of carbonyl (C=O) groups is 2. The first-order valence-corrected chi connectivity index (χ1v) is 14.4. The number of aromatic nitrogens is 2. The zero-order chi connectivity index (χ0) is 34.1. The van der Waals surface area contributed by atoms with Crippen LogP contribution in [0.3, 0.4) is 0 Å². The lowest BCUT2D eigenvalue weighted by Gasteiger charge is -2.23. The van der Waals surface area contributed by atoms with Gasteiger partial charge in [0.05, 0.1) is 28.3 Å². The smallest absolute Gasteiger partial charge is 0.349 e. The minimum absolute atomic E-state index is 0.00580. The van der Waals surface area contributed by atoms with Gasteiger partial charge in [0.2, 0.25) is 0 Å². The van der Waals surface area contributed by atoms with E-state index in [1.807, 2.05) is 6.26 Å². The fourth-order valence-corrected chi connectivity index (χ4v) is 4.97. The molecule has 45 heavy (non-hydrogen) atoms. The number of nitrogens with one attached hydrogen (secondary N) is 2. The van der Waals surface area contributed by atoms with Crippen molar-refractivity contribution in [3.05, 3.63) is 81.1 Å². The van der Waals surface area contributed by atoms with Crippen molar-refractivity contribution in [3.8, 4) is 0 Å². The van der Waals surface area contributed by atoms with Crippen LogP contribution in [0, 0.1) is 6.92 Å². The third-order valence-electron chi connectivity index (χ3n) is 6.27. The summed E-state index contributed by atoms with van der Waals surface area (Å²) < 4.78 is 134. The molecule has 2 N–H and O–H groups in total. The Morgan fingerprint density at radius 1 is 0.956 bits per heavy atom. The third kappa shape index (κ3) is 7.68. The number of carbonyl (C=O) groups excluding carboxylic acids is 2. The van der Waals surface area contributed by atoms with Crippen LogP contribution in [0.2, 0.25) is 5.02 Å². The molecule has 1 unspecified atom stereocenters. The topological polar surface area (TPSA) is 76.0 Å². The van der Waals surface area contributed by atoms with Crippen molar-refractivity contribution in [1.29, 1.82) is 0 Å². The lowest BCUT2D eigenvalue weighted by molar-refractivity contribution is -0.302. The highest BCUT2D eigenvalue weighted by atomic mass is 35.5. The molecular weight excluding hydrogens is 670 g/mol. The maximum Gasteiger partial charge on any atom is 0.459 e. The first kappa shape index (κ1) is 36.0. The van der Waals surface area contributed by atoms with Gasteiger partial charge in [0.25, 0.3) is 11.8 Å². The van der Waals surface area contributed by atoms with Gasteiger partial charge in [-0.2, -0.15) is 60.8 Å². The van der Waals surface area contributed by atoms with Crippen molar-refractivity contribution in [3.63, 3.8) is 0 Å². The predicted octanol–water partition coefficient (Wildman–Crippen LogP) is 7.94. The van der Waals surface area contributed by atoms with Crippen molar-refractivity contribution in [1.82, 2.24) is 15.1 Å². The van der Waals surface area contributed by atoms with E-state index in [2.05, 4.69) is 15.7 Å². The quantitative estimate of drug-likeness (QED) is 0.212. The maximum absolute atomic E-state index is 14.0. The molecule has 246 valence electrons. The number of hydrogen-bond acceptors (Lipinski definition) is 4. The molecule has 1 atom stereocenters. The summed E-state index contributed by atoms with van der Waals surface area (Å²) in [6, 6.07) is 7.66. The Kier molecular flexibility index (Phi) is 10.5. The van der Waals surface area contributed by atoms with Crippen LogP contribution in [0.4, 0.5) is 49.6 Å². The Bertz CT molecular complexity index is 1530. The molecule has 0 bridgehead atoms. The number of hydrogen-bond donors (Lipinski definition) is 2. The Morgan fingerprint density at radius 3 is 2.13 bits per heavy atom. The molecule has 18 heteroatoms. The number of aryl methyl sites for hydroxylation is 1. The van der Waals surface area contributed by atoms with Gasteiger partial charge in [-0.1, -0.05) is 29.8 Å². The van der Waals surface area contributed by atoms with Gasteiger partial charge in [-0.05, 0) is 49.4 Å². The fraction of sp³-hybridized carbons (Fsp3) is 0.370. The summed E-state index contributed by atoms with van der Waals surface area (Å²) in [4.78, 5) is 26.0. The number of amides is 2. The maximum atomic E-state index is 14.0. The van der Waals surface area contributed by atoms with Crippen LogP contribution in [-0.2, 0) is 18.4 Å². The van der Waals surface area contributed by atoms with Crippen LogP contribution in [0.5, 0.6) is 0 Å². The summed E-state index contributed by atoms with van der Waals surface area (Å²) in [5.74, 6) is -13.0. The molecule has 0 aliphatic heterocycles. The highest BCUT2D eigenvalue weighted by Gasteiger charge is 2.67. The molecule has 0 aliphatic rings. The number of rotatable bonds is 10. The lowest BCUT2D eigenvalue weighted by Crippen LogP contribution is -2.40. The Hall–Kier alpha value is -3.47. The molecular formula is C27H23ClF10N4O2S. The molecule has 0 saturated carbocycles. The molecule has 0 aliphatic carbocycles. The summed E-state index contributed by atoms with van der Waals surface area (Å²) in [5, 5.41) is 8.05. The van der Waals surface area contributed by atoms with Crippen molar-refractivity contribution >= 4 is 40.9 Å². The number of benzene rings is 2. The average Bonchev–Trinajstić information content (AvgIpc) is 3.34. The molecule has 0 radical (unpaired) electrons. The first-order chi connectivity index (χ1) is 20.6. The van der Waals surface area contributed by atoms with Gasteiger partial charge in [-0.25, -0.2) is 0 Å². The van der Waals surface area contributed by atoms with E-state index in [4.69, 9.17) is 11.6 Å². The Labute approximate surface area is 258 Å². The van der Waals surface area contributed by atoms with Crippen molar-refractivity contribution in [2.24, 2.45) is 0 Å². The van der Waals surface area contributed by atoms with Gasteiger partial charge >= 0.3 is 24.2 Å². The lowest BCUT2D eigenvalue weighted by atomic mass is 10.0. The minimum Gasteiger partial charge on any atom is -0.349 e. The zero-order valence-corrected chi connectivity index (χ0v) is 24.9. The van der Waals surface area contributed by atoms with E-state index in [-0.39, 0.29) is 49.9 Å². The zero-order valence-electron chi connectivity index (χ0n) is 23.3. The molecule has 3 rings (SSSR count). The van der Waals surface area contributed by atoms with Gasteiger partial charge in [-0.3, -0.25) is 14.3 Å². The van der Waals surface area contributed by atoms with Gasteiger partial charge in [0.1, 0.15) is 0 Å². The number of alkyl halides is 10. The van der Waals surface area contributed by atoms with Crippen LogP contribution in [-0.4, -0.2) is 52.0 Å². The molecule has 0 fully saturated rings. The Balaban J connectivity index is 1.91.